The lowest BCUT2D eigenvalue weighted by Crippen LogP contribution is -2.41. The highest BCUT2D eigenvalue weighted by Gasteiger charge is 2.42. The average Bonchev–Trinajstić information content (AvgIpc) is 3.32. The molecule has 0 radical (unpaired) electrons. The minimum absolute atomic E-state index is 0.380. The number of rotatable bonds is 3. The second-order valence-electron chi connectivity index (χ2n) is 8.60. The molecule has 3 heterocycles. The molecule has 3 aliphatic heterocycles. The van der Waals surface area contributed by atoms with Crippen molar-refractivity contribution in [3.8, 4) is 0 Å². The van der Waals surface area contributed by atoms with Gasteiger partial charge in [0.25, 0.3) is 0 Å². The molecule has 1 N–H and O–H groups in total. The summed E-state index contributed by atoms with van der Waals surface area (Å²) < 4.78 is 25.3. The van der Waals surface area contributed by atoms with Gasteiger partial charge in [0.1, 0.15) is 0 Å². The summed E-state index contributed by atoms with van der Waals surface area (Å²) in [5.74, 6) is 0.760. The smallest absolute Gasteiger partial charge is 0.411 e. The van der Waals surface area contributed by atoms with E-state index >= 15 is 0 Å². The van der Waals surface area contributed by atoms with Crippen LogP contribution in [0.5, 0.6) is 0 Å². The largest absolute Gasteiger partial charge is 0.465 e. The van der Waals surface area contributed by atoms with Crippen LogP contribution in [0.25, 0.3) is 0 Å². The van der Waals surface area contributed by atoms with Crippen LogP contribution < -0.4 is 14.7 Å². The van der Waals surface area contributed by atoms with E-state index in [2.05, 4.69) is 34.1 Å². The Hall–Kier alpha value is -2.78. The van der Waals surface area contributed by atoms with Gasteiger partial charge in [0.15, 0.2) is 0 Å². The van der Waals surface area contributed by atoms with Gasteiger partial charge in [0.05, 0.1) is 17.6 Å². The second-order valence-corrected chi connectivity index (χ2v) is 10.6. The topological polar surface area (TPSA) is 84.4 Å². The summed E-state index contributed by atoms with van der Waals surface area (Å²) in [5, 5.41) is 9.49. The third-order valence-corrected chi connectivity index (χ3v) is 7.93. The van der Waals surface area contributed by atoms with Crippen molar-refractivity contribution < 1.29 is 18.3 Å². The zero-order valence-corrected chi connectivity index (χ0v) is 18.2. The van der Waals surface area contributed by atoms with Crippen molar-refractivity contribution in [2.45, 2.75) is 0 Å². The van der Waals surface area contributed by atoms with Crippen LogP contribution in [0.2, 0.25) is 0 Å². The minimum Gasteiger partial charge on any atom is -0.465 e. The van der Waals surface area contributed by atoms with Crippen LogP contribution in [0.15, 0.2) is 48.5 Å². The molecule has 2 fully saturated rings. The number of amides is 1. The molecule has 31 heavy (non-hydrogen) atoms. The molecular weight excluding hydrogens is 416 g/mol. The summed E-state index contributed by atoms with van der Waals surface area (Å²) in [6.45, 7) is 3.98. The molecule has 0 spiro atoms. The Balaban J connectivity index is 1.32. The number of carbonyl (C=O) groups is 1. The van der Waals surface area contributed by atoms with Gasteiger partial charge in [-0.05, 0) is 48.2 Å². The van der Waals surface area contributed by atoms with E-state index in [0.717, 1.165) is 30.2 Å². The van der Waals surface area contributed by atoms with Crippen molar-refractivity contribution in [2.24, 2.45) is 11.8 Å². The Kier molecular flexibility index (Phi) is 4.82. The molecule has 0 unspecified atom stereocenters. The van der Waals surface area contributed by atoms with Gasteiger partial charge in [0.2, 0.25) is 10.0 Å². The number of nitrogens with zero attached hydrogens (tertiary/aromatic N) is 4. The summed E-state index contributed by atoms with van der Waals surface area (Å²) in [5.41, 5.74) is 3.76. The first-order valence-electron chi connectivity index (χ1n) is 10.5. The van der Waals surface area contributed by atoms with E-state index in [-0.39, 0.29) is 0 Å². The maximum absolute atomic E-state index is 11.8. The standard InChI is InChI=1S/C22H26N4O4S/c1-31(29,30)24-14-16-12-23(13-17(16)15-24)18-6-8-19(9-7-18)25-10-11-26(22(27)28)21-5-3-2-4-20(21)25/h2-9,16-17H,10-15H2,1H3,(H,27,28)/t16-,17-/m1/s1. The number of benzene rings is 2. The summed E-state index contributed by atoms with van der Waals surface area (Å²) >= 11 is 0. The molecule has 0 saturated carbocycles. The lowest BCUT2D eigenvalue weighted by Gasteiger charge is -2.36. The van der Waals surface area contributed by atoms with Gasteiger partial charge in [0, 0.05) is 50.6 Å². The summed E-state index contributed by atoms with van der Waals surface area (Å²) in [4.78, 5) is 17.5. The predicted octanol–water partition coefficient (Wildman–Crippen LogP) is 2.65. The summed E-state index contributed by atoms with van der Waals surface area (Å²) in [7, 11) is -3.11. The van der Waals surface area contributed by atoms with Gasteiger partial charge in [-0.3, -0.25) is 4.90 Å². The van der Waals surface area contributed by atoms with E-state index in [9.17, 15) is 18.3 Å². The van der Waals surface area contributed by atoms with Crippen LogP contribution in [-0.4, -0.2) is 69.4 Å². The van der Waals surface area contributed by atoms with Crippen molar-refractivity contribution in [2.75, 3.05) is 60.2 Å². The molecule has 2 saturated heterocycles. The molecule has 5 rings (SSSR count). The first-order chi connectivity index (χ1) is 14.8. The Bertz CT molecular complexity index is 1090. The van der Waals surface area contributed by atoms with Crippen molar-refractivity contribution in [3.63, 3.8) is 0 Å². The number of fused-ring (bicyclic) bond motifs is 2. The van der Waals surface area contributed by atoms with E-state index < -0.39 is 16.1 Å². The van der Waals surface area contributed by atoms with E-state index in [4.69, 9.17) is 0 Å². The van der Waals surface area contributed by atoms with Gasteiger partial charge in [-0.25, -0.2) is 17.5 Å². The summed E-state index contributed by atoms with van der Waals surface area (Å²) in [6, 6.07) is 16.0. The second kappa shape index (κ2) is 7.42. The minimum atomic E-state index is -3.11. The normalized spacial score (nSPS) is 23.7. The maximum Gasteiger partial charge on any atom is 0.411 e. The molecule has 1 amide bonds. The molecule has 2 aromatic rings. The first kappa shape index (κ1) is 20.1. The molecule has 0 aromatic heterocycles. The zero-order chi connectivity index (χ0) is 21.8. The molecule has 3 aliphatic rings. The fraction of sp³-hybridized carbons (Fsp3) is 0.409. The van der Waals surface area contributed by atoms with Crippen molar-refractivity contribution in [1.82, 2.24) is 4.31 Å². The molecule has 0 aliphatic carbocycles. The third kappa shape index (κ3) is 3.61. The Morgan fingerprint density at radius 3 is 2.03 bits per heavy atom. The van der Waals surface area contributed by atoms with Gasteiger partial charge < -0.3 is 14.9 Å². The van der Waals surface area contributed by atoms with Crippen LogP contribution in [0.3, 0.4) is 0 Å². The molecular formula is C22H26N4O4S. The molecule has 2 aromatic carbocycles. The number of hydrogen-bond acceptors (Lipinski definition) is 5. The monoisotopic (exact) mass is 442 g/mol. The number of para-hydroxylation sites is 2. The molecule has 2 atom stereocenters. The van der Waals surface area contributed by atoms with Crippen LogP contribution in [-0.2, 0) is 10.0 Å². The van der Waals surface area contributed by atoms with Gasteiger partial charge in [-0.15, -0.1) is 0 Å². The van der Waals surface area contributed by atoms with Gasteiger partial charge >= 0.3 is 6.09 Å². The van der Waals surface area contributed by atoms with Gasteiger partial charge in [-0.1, -0.05) is 12.1 Å². The average molecular weight is 443 g/mol. The van der Waals surface area contributed by atoms with Gasteiger partial charge in [-0.2, -0.15) is 0 Å². The van der Waals surface area contributed by atoms with Crippen LogP contribution in [0.1, 0.15) is 0 Å². The van der Waals surface area contributed by atoms with Crippen LogP contribution in [0, 0.1) is 11.8 Å². The molecule has 9 heteroatoms. The van der Waals surface area contributed by atoms with Crippen molar-refractivity contribution >= 4 is 38.9 Å². The number of sulfonamides is 1. The van der Waals surface area contributed by atoms with E-state index in [0.29, 0.717) is 43.7 Å². The zero-order valence-electron chi connectivity index (χ0n) is 17.4. The fourth-order valence-corrected chi connectivity index (χ4v) is 6.03. The quantitative estimate of drug-likeness (QED) is 0.787. The number of carboxylic acid groups (broad SMARTS) is 1. The lowest BCUT2D eigenvalue weighted by molar-refractivity contribution is 0.201. The fourth-order valence-electron chi connectivity index (χ4n) is 5.10. The Morgan fingerprint density at radius 1 is 0.871 bits per heavy atom. The van der Waals surface area contributed by atoms with Crippen LogP contribution in [0.4, 0.5) is 27.5 Å². The van der Waals surface area contributed by atoms with E-state index in [1.165, 1.54) is 11.2 Å². The SMILES string of the molecule is CS(=O)(=O)N1C[C@H]2CN(c3ccc(N4CCN(C(=O)O)c5ccccc54)cc3)C[C@@H]2C1. The highest BCUT2D eigenvalue weighted by atomic mass is 32.2. The highest BCUT2D eigenvalue weighted by molar-refractivity contribution is 7.88. The molecule has 164 valence electrons. The lowest BCUT2D eigenvalue weighted by atomic mass is 10.0. The van der Waals surface area contributed by atoms with E-state index in [1.807, 2.05) is 24.3 Å². The first-order valence-corrected chi connectivity index (χ1v) is 12.3. The van der Waals surface area contributed by atoms with Crippen molar-refractivity contribution in [3.05, 3.63) is 48.5 Å². The molecule has 0 bridgehead atoms. The highest BCUT2D eigenvalue weighted by Crippen LogP contribution is 2.39. The van der Waals surface area contributed by atoms with E-state index in [1.54, 1.807) is 4.31 Å². The van der Waals surface area contributed by atoms with Crippen LogP contribution >= 0.6 is 0 Å². The Morgan fingerprint density at radius 2 is 1.45 bits per heavy atom. The Labute approximate surface area is 182 Å². The maximum atomic E-state index is 11.8. The predicted molar refractivity (Wildman–Crippen MR) is 121 cm³/mol. The van der Waals surface area contributed by atoms with Crippen molar-refractivity contribution in [1.29, 1.82) is 0 Å². The summed E-state index contributed by atoms with van der Waals surface area (Å²) in [6.07, 6.45) is 0.357. The third-order valence-electron chi connectivity index (χ3n) is 6.69. The number of anilines is 4. The molecule has 8 nitrogen and oxygen atoms in total. The number of hydrogen-bond donors (Lipinski definition) is 1.